The minimum absolute atomic E-state index is 0.0784. The molecule has 2 N–H and O–H groups in total. The number of fused-ring (bicyclic) bond motifs is 2. The first-order valence-electron chi connectivity index (χ1n) is 7.64. The van der Waals surface area contributed by atoms with Crippen LogP contribution in [0.2, 0.25) is 0 Å². The number of carbonyl (C=O) groups excluding carboxylic acids is 1. The van der Waals surface area contributed by atoms with Gasteiger partial charge in [0.15, 0.2) is 0 Å². The monoisotopic (exact) mass is 302 g/mol. The van der Waals surface area contributed by atoms with Crippen molar-refractivity contribution in [2.45, 2.75) is 19.4 Å². The van der Waals surface area contributed by atoms with E-state index in [0.717, 1.165) is 13.1 Å². The average Bonchev–Trinajstić information content (AvgIpc) is 2.85. The van der Waals surface area contributed by atoms with E-state index in [4.69, 9.17) is 0 Å². The summed E-state index contributed by atoms with van der Waals surface area (Å²) >= 11 is 0. The highest BCUT2D eigenvalue weighted by molar-refractivity contribution is 5.83. The smallest absolute Gasteiger partial charge is 0.224 e. The second-order valence-corrected chi connectivity index (χ2v) is 6.82. The molecular weight excluding hydrogens is 283 g/mol. The van der Waals surface area contributed by atoms with Gasteiger partial charge in [-0.05, 0) is 50.9 Å². The maximum Gasteiger partial charge on any atom is 0.224 e. The molecule has 1 aliphatic carbocycles. The Kier molecular flexibility index (Phi) is 2.81. The molecule has 2 atom stereocenters. The maximum absolute atomic E-state index is 13.8. The second kappa shape index (κ2) is 4.52. The van der Waals surface area contributed by atoms with Gasteiger partial charge in [0.25, 0.3) is 0 Å². The number of hydrogen-bond donors (Lipinski definition) is 2. The Morgan fingerprint density at radius 2 is 2.18 bits per heavy atom. The summed E-state index contributed by atoms with van der Waals surface area (Å²) in [4.78, 5) is 16.8. The van der Waals surface area contributed by atoms with Crippen molar-refractivity contribution in [3.63, 3.8) is 0 Å². The Bertz CT molecular complexity index is 744. The molecule has 3 heterocycles. The number of rotatable bonds is 3. The van der Waals surface area contributed by atoms with Crippen molar-refractivity contribution in [1.29, 1.82) is 0 Å². The van der Waals surface area contributed by atoms with Gasteiger partial charge in [-0.3, -0.25) is 9.20 Å². The lowest BCUT2D eigenvalue weighted by Crippen LogP contribution is -2.44. The summed E-state index contributed by atoms with van der Waals surface area (Å²) in [5.41, 5.74) is -0.228. The van der Waals surface area contributed by atoms with Crippen molar-refractivity contribution in [2.75, 3.05) is 13.1 Å². The van der Waals surface area contributed by atoms with Gasteiger partial charge in [0, 0.05) is 12.1 Å². The standard InChI is InChI=1S/C16H19FN4O/c1-16(2,20-14(22)13-9-6-18-7-10(9)13)15-19-8-12-11(17)4-3-5-21(12)15/h3-5,8-10,13,18H,6-7H2,1-2H3,(H,20,22). The average molecular weight is 302 g/mol. The maximum atomic E-state index is 13.8. The van der Waals surface area contributed by atoms with Gasteiger partial charge in [-0.1, -0.05) is 0 Å². The fraction of sp³-hybridized carbons (Fsp3) is 0.500. The summed E-state index contributed by atoms with van der Waals surface area (Å²) in [6, 6.07) is 3.05. The van der Waals surface area contributed by atoms with E-state index in [0.29, 0.717) is 23.2 Å². The second-order valence-electron chi connectivity index (χ2n) is 6.82. The first-order valence-corrected chi connectivity index (χ1v) is 7.64. The van der Waals surface area contributed by atoms with Crippen LogP contribution in [-0.4, -0.2) is 28.4 Å². The normalized spacial score (nSPS) is 27.0. The van der Waals surface area contributed by atoms with E-state index in [2.05, 4.69) is 15.6 Å². The van der Waals surface area contributed by atoms with Crippen molar-refractivity contribution in [2.24, 2.45) is 17.8 Å². The number of pyridine rings is 1. The van der Waals surface area contributed by atoms with Crippen LogP contribution in [0.4, 0.5) is 4.39 Å². The van der Waals surface area contributed by atoms with Gasteiger partial charge in [-0.2, -0.15) is 0 Å². The number of nitrogens with zero attached hydrogens (tertiary/aromatic N) is 2. The molecule has 2 aliphatic rings. The zero-order chi connectivity index (χ0) is 15.5. The number of aromatic nitrogens is 2. The Balaban J connectivity index is 1.59. The van der Waals surface area contributed by atoms with E-state index in [-0.39, 0.29) is 17.6 Å². The van der Waals surface area contributed by atoms with Crippen molar-refractivity contribution >= 4 is 11.4 Å². The van der Waals surface area contributed by atoms with Crippen LogP contribution in [0.1, 0.15) is 19.7 Å². The van der Waals surface area contributed by atoms with Crippen LogP contribution >= 0.6 is 0 Å². The van der Waals surface area contributed by atoms with Crippen LogP contribution in [0, 0.1) is 23.6 Å². The number of nitrogens with one attached hydrogen (secondary N) is 2. The Labute approximate surface area is 127 Å². The molecule has 0 radical (unpaired) electrons. The number of hydrogen-bond acceptors (Lipinski definition) is 3. The molecule has 2 aromatic heterocycles. The number of piperidine rings is 1. The fourth-order valence-corrected chi connectivity index (χ4v) is 3.70. The van der Waals surface area contributed by atoms with Crippen LogP contribution in [0.3, 0.4) is 0 Å². The minimum atomic E-state index is -0.651. The summed E-state index contributed by atoms with van der Waals surface area (Å²) in [5.74, 6) is 1.47. The predicted molar refractivity (Wildman–Crippen MR) is 79.7 cm³/mol. The van der Waals surface area contributed by atoms with Crippen LogP contribution in [-0.2, 0) is 10.3 Å². The number of halogens is 1. The van der Waals surface area contributed by atoms with E-state index in [9.17, 15) is 9.18 Å². The lowest BCUT2D eigenvalue weighted by Gasteiger charge is -2.25. The van der Waals surface area contributed by atoms with Crippen molar-refractivity contribution in [3.8, 4) is 0 Å². The summed E-state index contributed by atoms with van der Waals surface area (Å²) < 4.78 is 15.5. The third-order valence-electron chi connectivity index (χ3n) is 4.91. The summed E-state index contributed by atoms with van der Waals surface area (Å²) in [5, 5.41) is 6.38. The van der Waals surface area contributed by atoms with Gasteiger partial charge in [-0.15, -0.1) is 0 Å². The quantitative estimate of drug-likeness (QED) is 0.898. The molecular formula is C16H19FN4O. The molecule has 4 rings (SSSR count). The minimum Gasteiger partial charge on any atom is -0.344 e. The van der Waals surface area contributed by atoms with Gasteiger partial charge in [0.05, 0.1) is 11.7 Å². The zero-order valence-corrected chi connectivity index (χ0v) is 12.6. The lowest BCUT2D eigenvalue weighted by molar-refractivity contribution is -0.124. The van der Waals surface area contributed by atoms with E-state index in [1.165, 1.54) is 12.3 Å². The molecule has 1 amide bonds. The van der Waals surface area contributed by atoms with Gasteiger partial charge in [-0.25, -0.2) is 9.37 Å². The first-order chi connectivity index (χ1) is 10.5. The van der Waals surface area contributed by atoms with Crippen LogP contribution in [0.25, 0.3) is 5.52 Å². The molecule has 5 nitrogen and oxygen atoms in total. The summed E-state index contributed by atoms with van der Waals surface area (Å²) in [6.45, 7) is 5.67. The zero-order valence-electron chi connectivity index (χ0n) is 12.6. The van der Waals surface area contributed by atoms with Crippen molar-refractivity contribution in [3.05, 3.63) is 36.2 Å². The summed E-state index contributed by atoms with van der Waals surface area (Å²) in [7, 11) is 0. The van der Waals surface area contributed by atoms with Crippen molar-refractivity contribution < 1.29 is 9.18 Å². The van der Waals surface area contributed by atoms with Gasteiger partial charge in [0.1, 0.15) is 17.2 Å². The molecule has 2 aromatic rings. The lowest BCUT2D eigenvalue weighted by atomic mass is 10.0. The highest BCUT2D eigenvalue weighted by Crippen LogP contribution is 2.49. The molecule has 1 saturated heterocycles. The molecule has 0 spiro atoms. The molecule has 0 aromatic carbocycles. The van der Waals surface area contributed by atoms with E-state index in [1.54, 1.807) is 16.7 Å². The molecule has 2 unspecified atom stereocenters. The molecule has 1 saturated carbocycles. The number of amides is 1. The molecule has 22 heavy (non-hydrogen) atoms. The van der Waals surface area contributed by atoms with E-state index in [1.807, 2.05) is 13.8 Å². The molecule has 1 aliphatic heterocycles. The van der Waals surface area contributed by atoms with Gasteiger partial charge in [0.2, 0.25) is 5.91 Å². The highest BCUT2D eigenvalue weighted by atomic mass is 19.1. The van der Waals surface area contributed by atoms with E-state index < -0.39 is 5.54 Å². The van der Waals surface area contributed by atoms with Crippen LogP contribution in [0.15, 0.2) is 24.5 Å². The first kappa shape index (κ1) is 13.7. The summed E-state index contributed by atoms with van der Waals surface area (Å²) in [6.07, 6.45) is 3.28. The predicted octanol–water partition coefficient (Wildman–Crippen LogP) is 1.29. The van der Waals surface area contributed by atoms with Gasteiger partial charge < -0.3 is 10.6 Å². The van der Waals surface area contributed by atoms with Crippen LogP contribution in [0.5, 0.6) is 0 Å². The number of carbonyl (C=O) groups is 1. The Morgan fingerprint density at radius 1 is 1.45 bits per heavy atom. The fourth-order valence-electron chi connectivity index (χ4n) is 3.70. The van der Waals surface area contributed by atoms with Gasteiger partial charge >= 0.3 is 0 Å². The third kappa shape index (κ3) is 1.94. The van der Waals surface area contributed by atoms with Crippen LogP contribution < -0.4 is 10.6 Å². The highest BCUT2D eigenvalue weighted by Gasteiger charge is 2.57. The molecule has 0 bridgehead atoms. The largest absolute Gasteiger partial charge is 0.344 e. The Morgan fingerprint density at radius 3 is 2.91 bits per heavy atom. The number of imidazole rings is 1. The molecule has 116 valence electrons. The Hall–Kier alpha value is -1.95. The van der Waals surface area contributed by atoms with E-state index >= 15 is 0 Å². The topological polar surface area (TPSA) is 58.4 Å². The molecule has 6 heteroatoms. The van der Waals surface area contributed by atoms with Crippen molar-refractivity contribution in [1.82, 2.24) is 20.0 Å². The third-order valence-corrected chi connectivity index (χ3v) is 4.91. The molecule has 2 fully saturated rings. The SMILES string of the molecule is CC(C)(NC(=O)C1C2CNCC21)c1ncc2c(F)cccn12.